The minimum atomic E-state index is 0.0487. The number of fused-ring (bicyclic) bond motifs is 3. The Hall–Kier alpha value is -2.21. The zero-order valence-corrected chi connectivity index (χ0v) is 16.4. The van der Waals surface area contributed by atoms with Crippen molar-refractivity contribution in [2.24, 2.45) is 0 Å². The largest absolute Gasteiger partial charge is 0.395 e. The van der Waals surface area contributed by atoms with Gasteiger partial charge in [0, 0.05) is 26.0 Å². The predicted molar refractivity (Wildman–Crippen MR) is 109 cm³/mol. The summed E-state index contributed by atoms with van der Waals surface area (Å²) in [5, 5.41) is 12.8. The van der Waals surface area contributed by atoms with E-state index in [1.807, 2.05) is 12.1 Å². The van der Waals surface area contributed by atoms with Crippen LogP contribution in [0.4, 0.5) is 0 Å². The van der Waals surface area contributed by atoms with Gasteiger partial charge in [0.1, 0.15) is 0 Å². The molecule has 28 heavy (non-hydrogen) atoms. The fraction of sp³-hybridized carbons (Fsp3) is 0.435. The Morgan fingerprint density at radius 3 is 2.71 bits per heavy atom. The topological polar surface area (TPSA) is 67.8 Å². The van der Waals surface area contributed by atoms with Gasteiger partial charge in [-0.15, -0.1) is 0 Å². The molecule has 0 saturated carbocycles. The highest BCUT2D eigenvalue weighted by Gasteiger charge is 2.27. The molecule has 0 aliphatic heterocycles. The average Bonchev–Trinajstić information content (AvgIpc) is 3.03. The zero-order chi connectivity index (χ0) is 19.8. The van der Waals surface area contributed by atoms with Crippen LogP contribution < -0.4 is 5.32 Å². The summed E-state index contributed by atoms with van der Waals surface area (Å²) in [5.74, 6) is 0.102. The van der Waals surface area contributed by atoms with Crippen LogP contribution in [0.25, 0.3) is 11.1 Å². The molecule has 0 radical (unpaired) electrons. The lowest BCUT2D eigenvalue weighted by Gasteiger charge is -2.11. The molecule has 1 amide bonds. The van der Waals surface area contributed by atoms with Crippen molar-refractivity contribution in [1.82, 2.24) is 5.32 Å². The zero-order valence-electron chi connectivity index (χ0n) is 16.4. The normalized spacial score (nSPS) is 14.6. The van der Waals surface area contributed by atoms with Crippen molar-refractivity contribution in [3.8, 4) is 11.1 Å². The van der Waals surface area contributed by atoms with Gasteiger partial charge < -0.3 is 19.9 Å². The summed E-state index contributed by atoms with van der Waals surface area (Å²) < 4.78 is 10.2. The molecule has 1 atom stereocenters. The number of nitrogens with one attached hydrogen (secondary N) is 1. The SMILES string of the molecule is COCCOCCNC(=O)CCCc1ccc2c(c1)C(CO)c1ccccc1-2. The van der Waals surface area contributed by atoms with Crippen molar-refractivity contribution in [3.63, 3.8) is 0 Å². The summed E-state index contributed by atoms with van der Waals surface area (Å²) in [4.78, 5) is 11.9. The number of aliphatic hydroxyl groups excluding tert-OH is 1. The number of hydrogen-bond donors (Lipinski definition) is 2. The summed E-state index contributed by atoms with van der Waals surface area (Å²) in [6, 6.07) is 14.8. The highest BCUT2D eigenvalue weighted by Crippen LogP contribution is 2.44. The van der Waals surface area contributed by atoms with Gasteiger partial charge in [0.2, 0.25) is 5.91 Å². The first kappa shape index (κ1) is 20.5. The lowest BCUT2D eigenvalue weighted by molar-refractivity contribution is -0.121. The van der Waals surface area contributed by atoms with Gasteiger partial charge >= 0.3 is 0 Å². The molecule has 0 fully saturated rings. The molecule has 0 aromatic heterocycles. The number of aryl methyl sites for hydroxylation is 1. The van der Waals surface area contributed by atoms with Gasteiger partial charge in [0.05, 0.1) is 26.4 Å². The highest BCUT2D eigenvalue weighted by molar-refractivity contribution is 5.79. The Kier molecular flexibility index (Phi) is 7.60. The second-order valence-electron chi connectivity index (χ2n) is 7.05. The van der Waals surface area contributed by atoms with Gasteiger partial charge in [0.25, 0.3) is 0 Å². The first-order valence-electron chi connectivity index (χ1n) is 9.91. The van der Waals surface area contributed by atoms with Crippen LogP contribution in [0, 0.1) is 0 Å². The number of ether oxygens (including phenoxy) is 2. The summed E-state index contributed by atoms with van der Waals surface area (Å²) in [7, 11) is 1.63. The molecular weight excluding hydrogens is 354 g/mol. The van der Waals surface area contributed by atoms with E-state index in [1.54, 1.807) is 7.11 Å². The molecule has 5 heteroatoms. The lowest BCUT2D eigenvalue weighted by atomic mass is 9.95. The van der Waals surface area contributed by atoms with Gasteiger partial charge in [-0.05, 0) is 40.7 Å². The van der Waals surface area contributed by atoms with E-state index in [0.29, 0.717) is 32.8 Å². The highest BCUT2D eigenvalue weighted by atomic mass is 16.5. The molecule has 2 N–H and O–H groups in total. The molecule has 5 nitrogen and oxygen atoms in total. The van der Waals surface area contributed by atoms with E-state index in [2.05, 4.69) is 35.6 Å². The number of methoxy groups -OCH3 is 1. The third-order valence-corrected chi connectivity index (χ3v) is 5.17. The Balaban J connectivity index is 1.47. The summed E-state index contributed by atoms with van der Waals surface area (Å²) in [6.07, 6.45) is 2.14. The number of rotatable bonds is 11. The smallest absolute Gasteiger partial charge is 0.220 e. The molecule has 2 aromatic carbocycles. The summed E-state index contributed by atoms with van der Waals surface area (Å²) >= 11 is 0. The summed E-state index contributed by atoms with van der Waals surface area (Å²) in [5.41, 5.74) is 6.03. The molecular formula is C23H29NO4. The number of hydrogen-bond acceptors (Lipinski definition) is 4. The molecule has 150 valence electrons. The first-order valence-corrected chi connectivity index (χ1v) is 9.91. The first-order chi connectivity index (χ1) is 13.7. The number of carbonyl (C=O) groups excluding carboxylic acids is 1. The molecule has 1 aliphatic rings. The quantitative estimate of drug-likeness (QED) is 0.586. The molecule has 1 unspecified atom stereocenters. The van der Waals surface area contributed by atoms with Gasteiger partial charge in [-0.2, -0.15) is 0 Å². The lowest BCUT2D eigenvalue weighted by Crippen LogP contribution is -2.27. The van der Waals surface area contributed by atoms with Crippen LogP contribution in [0.3, 0.4) is 0 Å². The Morgan fingerprint density at radius 1 is 1.07 bits per heavy atom. The molecule has 0 spiro atoms. The van der Waals surface area contributed by atoms with E-state index >= 15 is 0 Å². The maximum atomic E-state index is 11.9. The Bertz CT molecular complexity index is 790. The number of carbonyl (C=O) groups is 1. The van der Waals surface area contributed by atoms with E-state index in [1.165, 1.54) is 27.8 Å². The van der Waals surface area contributed by atoms with Crippen LogP contribution >= 0.6 is 0 Å². The molecule has 2 aromatic rings. The van der Waals surface area contributed by atoms with Gasteiger partial charge in [0.15, 0.2) is 0 Å². The standard InChI is InChI=1S/C23H29NO4/c1-27-13-14-28-12-11-24-23(26)8-4-5-17-9-10-20-18-6-2-3-7-19(18)22(16-25)21(20)15-17/h2-3,6-7,9-10,15,22,25H,4-5,8,11-14,16H2,1H3,(H,24,26). The maximum absolute atomic E-state index is 11.9. The van der Waals surface area contributed by atoms with Gasteiger partial charge in [-0.25, -0.2) is 0 Å². The monoisotopic (exact) mass is 383 g/mol. The van der Waals surface area contributed by atoms with Crippen LogP contribution in [-0.2, 0) is 20.7 Å². The van der Waals surface area contributed by atoms with Crippen molar-refractivity contribution in [1.29, 1.82) is 0 Å². The second-order valence-corrected chi connectivity index (χ2v) is 7.05. The number of benzene rings is 2. The molecule has 0 saturated heterocycles. The van der Waals surface area contributed by atoms with Crippen LogP contribution in [0.2, 0.25) is 0 Å². The molecule has 1 aliphatic carbocycles. The Morgan fingerprint density at radius 2 is 1.89 bits per heavy atom. The van der Waals surface area contributed by atoms with E-state index < -0.39 is 0 Å². The third-order valence-electron chi connectivity index (χ3n) is 5.17. The molecule has 0 heterocycles. The fourth-order valence-corrected chi connectivity index (χ4v) is 3.76. The third kappa shape index (κ3) is 4.98. The van der Waals surface area contributed by atoms with Gasteiger partial charge in [-0.1, -0.05) is 42.5 Å². The molecule has 3 rings (SSSR count). The van der Waals surface area contributed by atoms with Crippen molar-refractivity contribution in [2.75, 3.05) is 40.1 Å². The fourth-order valence-electron chi connectivity index (χ4n) is 3.76. The van der Waals surface area contributed by atoms with Gasteiger partial charge in [-0.3, -0.25) is 4.79 Å². The second kappa shape index (κ2) is 10.4. The van der Waals surface area contributed by atoms with E-state index in [9.17, 15) is 9.90 Å². The minimum absolute atomic E-state index is 0.0487. The van der Waals surface area contributed by atoms with Crippen molar-refractivity contribution >= 4 is 5.91 Å². The van der Waals surface area contributed by atoms with Crippen molar-refractivity contribution < 1.29 is 19.4 Å². The van der Waals surface area contributed by atoms with Crippen LogP contribution in [0.15, 0.2) is 42.5 Å². The molecule has 0 bridgehead atoms. The van der Waals surface area contributed by atoms with E-state index in [0.717, 1.165) is 12.8 Å². The minimum Gasteiger partial charge on any atom is -0.395 e. The Labute approximate surface area is 166 Å². The summed E-state index contributed by atoms with van der Waals surface area (Å²) in [6.45, 7) is 2.25. The maximum Gasteiger partial charge on any atom is 0.220 e. The van der Waals surface area contributed by atoms with Crippen molar-refractivity contribution in [2.45, 2.75) is 25.2 Å². The van der Waals surface area contributed by atoms with E-state index in [-0.39, 0.29) is 18.4 Å². The van der Waals surface area contributed by atoms with Crippen LogP contribution in [0.5, 0.6) is 0 Å². The number of amides is 1. The number of aliphatic hydroxyl groups is 1. The average molecular weight is 383 g/mol. The van der Waals surface area contributed by atoms with Crippen LogP contribution in [-0.4, -0.2) is 51.1 Å². The van der Waals surface area contributed by atoms with Crippen LogP contribution in [0.1, 0.15) is 35.4 Å². The van der Waals surface area contributed by atoms with Crippen molar-refractivity contribution in [3.05, 3.63) is 59.2 Å². The van der Waals surface area contributed by atoms with E-state index in [4.69, 9.17) is 9.47 Å². The predicted octanol–water partition coefficient (Wildman–Crippen LogP) is 2.89.